The molecule has 2 radical (unpaired) electrons. The molecule has 2 aliphatic rings. The van der Waals surface area contributed by atoms with Gasteiger partial charge in [0.2, 0.25) is 5.91 Å². The summed E-state index contributed by atoms with van der Waals surface area (Å²) in [6.07, 6.45) is 2.49. The minimum absolute atomic E-state index is 0. The predicted molar refractivity (Wildman–Crippen MR) is 99.6 cm³/mol. The average molecular weight is 699 g/mol. The molecule has 3 unspecified atom stereocenters. The second kappa shape index (κ2) is 14.6. The van der Waals surface area contributed by atoms with E-state index in [4.69, 9.17) is 0 Å². The number of hydrogen-bond acceptors (Lipinski definition) is 4. The molecule has 3 atom stereocenters. The van der Waals surface area contributed by atoms with Crippen LogP contribution in [0.1, 0.15) is 26.2 Å². The van der Waals surface area contributed by atoms with Gasteiger partial charge in [-0.3, -0.25) is 14.6 Å². The summed E-state index contributed by atoms with van der Waals surface area (Å²) in [5, 5.41) is 9.32. The number of carbonyl (C=O) groups is 2. The zero-order valence-electron chi connectivity index (χ0n) is 13.8. The van der Waals surface area contributed by atoms with Crippen molar-refractivity contribution in [1.29, 1.82) is 0 Å². The SMILES string of the molecule is CNC(=O)C1CCCN2[CH-]CC(C)C(NC)C(=O)N12.II.[Y].[Y]. The van der Waals surface area contributed by atoms with E-state index in [0.717, 1.165) is 25.8 Å². The minimum atomic E-state index is -0.386. The molecule has 0 aromatic carbocycles. The topological polar surface area (TPSA) is 64.7 Å². The summed E-state index contributed by atoms with van der Waals surface area (Å²) in [4.78, 5) is 24.7. The molecule has 128 valence electrons. The molecule has 6 nitrogen and oxygen atoms in total. The fraction of sp³-hybridized carbons (Fsp3) is 0.769. The third kappa shape index (κ3) is 7.22. The fourth-order valence-electron chi connectivity index (χ4n) is 2.94. The van der Waals surface area contributed by atoms with E-state index in [1.807, 2.05) is 5.01 Å². The predicted octanol–water partition coefficient (Wildman–Crippen LogP) is 1.50. The Balaban J connectivity index is 0. The Labute approximate surface area is 212 Å². The van der Waals surface area contributed by atoms with Gasteiger partial charge in [-0.1, -0.05) is 6.92 Å². The van der Waals surface area contributed by atoms with Crippen molar-refractivity contribution in [3.63, 3.8) is 0 Å². The van der Waals surface area contributed by atoms with Crippen LogP contribution in [-0.2, 0) is 75.0 Å². The van der Waals surface area contributed by atoms with Crippen molar-refractivity contribution >= 4 is 49.0 Å². The Hall–Kier alpha value is 2.53. The monoisotopic (exact) mass is 699 g/mol. The van der Waals surface area contributed by atoms with Gasteiger partial charge in [-0.25, -0.2) is 6.54 Å². The minimum Gasteiger partial charge on any atom is -0.366 e. The molecule has 0 saturated carbocycles. The van der Waals surface area contributed by atoms with E-state index in [0.29, 0.717) is 0 Å². The Morgan fingerprint density at radius 1 is 1.30 bits per heavy atom. The van der Waals surface area contributed by atoms with E-state index in [1.54, 1.807) is 19.1 Å². The molecule has 2 N–H and O–H groups in total. The van der Waals surface area contributed by atoms with Crippen LogP contribution in [0.2, 0.25) is 0 Å². The van der Waals surface area contributed by atoms with Crippen LogP contribution in [0.25, 0.3) is 0 Å². The summed E-state index contributed by atoms with van der Waals surface area (Å²) in [5.74, 6) is 0.140. The first-order chi connectivity index (χ1) is 10.1. The number of nitrogens with zero attached hydrogens (tertiary/aromatic N) is 2. The molecule has 0 spiro atoms. The summed E-state index contributed by atoms with van der Waals surface area (Å²) in [6, 6.07) is -0.616. The van der Waals surface area contributed by atoms with Crippen LogP contribution < -0.4 is 10.6 Å². The van der Waals surface area contributed by atoms with Crippen molar-refractivity contribution in [2.75, 3.05) is 20.6 Å². The fourth-order valence-corrected chi connectivity index (χ4v) is 2.94. The van der Waals surface area contributed by atoms with Gasteiger partial charge < -0.3 is 15.6 Å². The summed E-state index contributed by atoms with van der Waals surface area (Å²) in [7, 11) is 3.42. The van der Waals surface area contributed by atoms with E-state index < -0.39 is 0 Å². The molecule has 0 bridgehead atoms. The maximum Gasteiger partial charge on any atom is 0.252 e. The first-order valence-electron chi connectivity index (χ1n) is 7.06. The molecule has 0 aromatic heterocycles. The van der Waals surface area contributed by atoms with Crippen molar-refractivity contribution in [3.8, 4) is 0 Å². The van der Waals surface area contributed by atoms with Crippen LogP contribution in [-0.4, -0.2) is 54.6 Å². The molecule has 23 heavy (non-hydrogen) atoms. The maximum absolute atomic E-state index is 12.7. The smallest absolute Gasteiger partial charge is 0.252 e. The largest absolute Gasteiger partial charge is 0.366 e. The zero-order valence-corrected chi connectivity index (χ0v) is 23.8. The van der Waals surface area contributed by atoms with Crippen molar-refractivity contribution < 1.29 is 75.0 Å². The number of hydrazine groups is 1. The summed E-state index contributed by atoms with van der Waals surface area (Å²) >= 11 is 4.24. The zero-order chi connectivity index (χ0) is 16.0. The second-order valence-electron chi connectivity index (χ2n) is 5.28. The number of amides is 2. The maximum atomic E-state index is 12.7. The van der Waals surface area contributed by atoms with Gasteiger partial charge in [0.25, 0.3) is 5.91 Å². The first kappa shape index (κ1) is 27.7. The van der Waals surface area contributed by atoms with Gasteiger partial charge in [0.1, 0.15) is 6.04 Å². The van der Waals surface area contributed by atoms with Crippen molar-refractivity contribution in [1.82, 2.24) is 20.7 Å². The van der Waals surface area contributed by atoms with E-state index in [9.17, 15) is 9.59 Å². The standard InChI is InChI=1S/C13H23N4O2.I2.2Y/c1-9-6-8-16-7-4-5-10(12(18)15-3)17(16)13(19)11(9)14-2;1-2;;/h8-11,14H,4-7H2,1-3H3,(H,15,18);;;/q-1;;;. The summed E-state index contributed by atoms with van der Waals surface area (Å²) in [6.45, 7) is 4.92. The van der Waals surface area contributed by atoms with Crippen LogP contribution >= 0.6 is 37.2 Å². The first-order valence-corrected chi connectivity index (χ1v) is 13.3. The van der Waals surface area contributed by atoms with E-state index in [-0.39, 0.29) is 95.2 Å². The number of halogens is 2. The molecule has 0 aliphatic carbocycles. The van der Waals surface area contributed by atoms with Crippen molar-refractivity contribution in [3.05, 3.63) is 6.54 Å². The van der Waals surface area contributed by atoms with E-state index >= 15 is 0 Å². The van der Waals surface area contributed by atoms with Crippen molar-refractivity contribution in [2.24, 2.45) is 5.92 Å². The number of fused-ring (bicyclic) bond motifs is 1. The Morgan fingerprint density at radius 3 is 2.43 bits per heavy atom. The van der Waals surface area contributed by atoms with Gasteiger partial charge in [-0.15, -0.1) is 0 Å². The van der Waals surface area contributed by atoms with Gasteiger partial charge in [0.15, 0.2) is 0 Å². The quantitative estimate of drug-likeness (QED) is 0.339. The molecule has 2 fully saturated rings. The number of nitrogens with one attached hydrogen (secondary N) is 2. The Kier molecular flexibility index (Phi) is 17.6. The van der Waals surface area contributed by atoms with Crippen LogP contribution in [0, 0.1) is 12.5 Å². The normalized spacial score (nSPS) is 27.3. The summed E-state index contributed by atoms with van der Waals surface area (Å²) < 4.78 is 0. The molecule has 2 saturated heterocycles. The summed E-state index contributed by atoms with van der Waals surface area (Å²) in [5.41, 5.74) is 0. The van der Waals surface area contributed by atoms with Crippen LogP contribution in [0.3, 0.4) is 0 Å². The van der Waals surface area contributed by atoms with Gasteiger partial charge >= 0.3 is 0 Å². The number of rotatable bonds is 2. The molecular weight excluding hydrogens is 676 g/mol. The van der Waals surface area contributed by atoms with Gasteiger partial charge in [-0.2, -0.15) is 6.42 Å². The molecule has 0 aromatic rings. The van der Waals surface area contributed by atoms with Gasteiger partial charge in [0, 0.05) is 110 Å². The molecular formula is C13H23I2N4O2Y2-. The van der Waals surface area contributed by atoms with E-state index in [1.165, 1.54) is 0 Å². The molecule has 2 rings (SSSR count). The van der Waals surface area contributed by atoms with E-state index in [2.05, 4.69) is 61.3 Å². The number of hydrogen-bond donors (Lipinski definition) is 2. The number of likely N-dealkylation sites (N-methyl/N-ethyl adjacent to an activating group) is 2. The average Bonchev–Trinajstić information content (AvgIpc) is 2.65. The Bertz CT molecular complexity index is 380. The molecule has 2 aliphatic heterocycles. The second-order valence-corrected chi connectivity index (χ2v) is 5.28. The van der Waals surface area contributed by atoms with Crippen LogP contribution in [0.15, 0.2) is 0 Å². The third-order valence-electron chi connectivity index (χ3n) is 4.05. The molecule has 10 heteroatoms. The number of carbonyl (C=O) groups excluding carboxylic acids is 2. The van der Waals surface area contributed by atoms with Crippen LogP contribution in [0.5, 0.6) is 0 Å². The van der Waals surface area contributed by atoms with Crippen LogP contribution in [0.4, 0.5) is 0 Å². The molecule has 2 heterocycles. The third-order valence-corrected chi connectivity index (χ3v) is 4.05. The van der Waals surface area contributed by atoms with Crippen molar-refractivity contribution in [2.45, 2.75) is 38.3 Å². The van der Waals surface area contributed by atoms with Gasteiger partial charge in [-0.05, 0) is 32.4 Å². The molecule has 2 amide bonds. The van der Waals surface area contributed by atoms with Gasteiger partial charge in [0.05, 0.1) is 6.04 Å². The Morgan fingerprint density at radius 2 is 1.91 bits per heavy atom.